The van der Waals surface area contributed by atoms with Gasteiger partial charge in [-0.15, -0.1) is 5.10 Å². The van der Waals surface area contributed by atoms with Gasteiger partial charge in [-0.3, -0.25) is 4.98 Å². The van der Waals surface area contributed by atoms with E-state index in [1.165, 1.54) is 11.1 Å². The summed E-state index contributed by atoms with van der Waals surface area (Å²) in [4.78, 5) is 7.62. The van der Waals surface area contributed by atoms with Crippen LogP contribution in [0.15, 0.2) is 24.7 Å². The number of hydrogen-bond acceptors (Lipinski definition) is 3. The van der Waals surface area contributed by atoms with Gasteiger partial charge in [-0.25, -0.2) is 0 Å². The number of allylic oxidation sites excluding steroid dienone is 1. The Balaban J connectivity index is 2.23. The third kappa shape index (κ3) is 0.863. The van der Waals surface area contributed by atoms with Gasteiger partial charge in [0.25, 0.3) is 0 Å². The van der Waals surface area contributed by atoms with Crippen molar-refractivity contribution in [3.8, 4) is 22.5 Å². The summed E-state index contributed by atoms with van der Waals surface area (Å²) in [5.74, 6) is 0. The van der Waals surface area contributed by atoms with Gasteiger partial charge in [-0.1, -0.05) is 6.08 Å². The lowest BCUT2D eigenvalue weighted by atomic mass is 9.95. The summed E-state index contributed by atoms with van der Waals surface area (Å²) >= 11 is 0. The van der Waals surface area contributed by atoms with E-state index < -0.39 is 0 Å². The highest BCUT2D eigenvalue weighted by molar-refractivity contribution is 5.84. The molecule has 0 radical (unpaired) electrons. The molecular formula is C12H8N4. The van der Waals surface area contributed by atoms with Crippen LogP contribution in [0.25, 0.3) is 28.6 Å². The minimum atomic E-state index is 0.896. The Morgan fingerprint density at radius 1 is 1.25 bits per heavy atom. The topological polar surface area (TPSA) is 54.5 Å². The second-order valence-electron chi connectivity index (χ2n) is 3.95. The fourth-order valence-corrected chi connectivity index (χ4v) is 2.33. The highest BCUT2D eigenvalue weighted by Crippen LogP contribution is 2.37. The zero-order chi connectivity index (χ0) is 10.5. The van der Waals surface area contributed by atoms with E-state index in [1.807, 2.05) is 12.4 Å². The number of aromatic nitrogens is 4. The van der Waals surface area contributed by atoms with Crippen molar-refractivity contribution in [1.29, 1.82) is 0 Å². The molecule has 4 nitrogen and oxygen atoms in total. The lowest BCUT2D eigenvalue weighted by Crippen LogP contribution is -1.94. The van der Waals surface area contributed by atoms with Crippen LogP contribution in [0.2, 0.25) is 0 Å². The maximum atomic E-state index is 4.39. The van der Waals surface area contributed by atoms with Crippen molar-refractivity contribution in [3.05, 3.63) is 35.9 Å². The Labute approximate surface area is 91.7 Å². The zero-order valence-electron chi connectivity index (χ0n) is 8.44. The molecule has 76 valence electrons. The van der Waals surface area contributed by atoms with Gasteiger partial charge in [-0.2, -0.15) is 5.10 Å². The van der Waals surface area contributed by atoms with Gasteiger partial charge in [-0.05, 0) is 18.1 Å². The van der Waals surface area contributed by atoms with Crippen LogP contribution in [0, 0.1) is 0 Å². The van der Waals surface area contributed by atoms with Gasteiger partial charge in [0, 0.05) is 23.5 Å². The predicted molar refractivity (Wildman–Crippen MR) is 60.2 cm³/mol. The summed E-state index contributed by atoms with van der Waals surface area (Å²) in [6, 6.07) is 0. The van der Waals surface area contributed by atoms with E-state index in [0.29, 0.717) is 0 Å². The van der Waals surface area contributed by atoms with Crippen molar-refractivity contribution in [3.63, 3.8) is 0 Å². The summed E-state index contributed by atoms with van der Waals surface area (Å²) in [5.41, 5.74) is 6.52. The second-order valence-corrected chi connectivity index (χ2v) is 3.95. The van der Waals surface area contributed by atoms with Gasteiger partial charge in [0.05, 0.1) is 17.6 Å². The molecule has 16 heavy (non-hydrogen) atoms. The van der Waals surface area contributed by atoms with Crippen molar-refractivity contribution in [2.75, 3.05) is 0 Å². The summed E-state index contributed by atoms with van der Waals surface area (Å²) < 4.78 is 0. The van der Waals surface area contributed by atoms with Gasteiger partial charge >= 0.3 is 0 Å². The van der Waals surface area contributed by atoms with Crippen molar-refractivity contribution in [2.24, 2.45) is 0 Å². The summed E-state index contributed by atoms with van der Waals surface area (Å²) in [7, 11) is 0. The Kier molecular flexibility index (Phi) is 1.33. The standard InChI is InChI=1S/C12H8N4/c1-2-8-11-7(4-13-9(11)3-1)5-14-10-6-15-16-12(8)10/h1,3-6,14H,2H2. The average Bonchev–Trinajstić information content (AvgIpc) is 2.88. The van der Waals surface area contributed by atoms with E-state index in [4.69, 9.17) is 0 Å². The fourth-order valence-electron chi connectivity index (χ4n) is 2.33. The monoisotopic (exact) mass is 208 g/mol. The van der Waals surface area contributed by atoms with Crippen LogP contribution >= 0.6 is 0 Å². The van der Waals surface area contributed by atoms with Crippen LogP contribution in [0.1, 0.15) is 11.3 Å². The first-order valence-electron chi connectivity index (χ1n) is 5.20. The maximum Gasteiger partial charge on any atom is 0.115 e. The largest absolute Gasteiger partial charge is 0.358 e. The molecule has 1 aliphatic carbocycles. The van der Waals surface area contributed by atoms with E-state index in [-0.39, 0.29) is 0 Å². The third-order valence-electron chi connectivity index (χ3n) is 3.06. The number of aromatic amines is 1. The molecule has 0 aromatic heterocycles. The molecule has 4 rings (SSSR count). The van der Waals surface area contributed by atoms with Gasteiger partial charge in [0.2, 0.25) is 0 Å². The van der Waals surface area contributed by atoms with E-state index in [0.717, 1.165) is 29.1 Å². The normalized spacial score (nSPS) is 13.8. The molecule has 0 amide bonds. The van der Waals surface area contributed by atoms with Crippen LogP contribution in [0.3, 0.4) is 0 Å². The van der Waals surface area contributed by atoms with Gasteiger partial charge < -0.3 is 4.98 Å². The highest BCUT2D eigenvalue weighted by Gasteiger charge is 2.21. The van der Waals surface area contributed by atoms with E-state index in [2.05, 4.69) is 32.3 Å². The van der Waals surface area contributed by atoms with Crippen molar-refractivity contribution >= 4 is 6.08 Å². The number of H-pyrrole nitrogens is 1. The molecule has 0 spiro atoms. The van der Waals surface area contributed by atoms with Gasteiger partial charge in [0.15, 0.2) is 0 Å². The number of hydrogen-bond donors (Lipinski definition) is 1. The average molecular weight is 208 g/mol. The van der Waals surface area contributed by atoms with Crippen LogP contribution in [-0.2, 0) is 6.42 Å². The quantitative estimate of drug-likeness (QED) is 0.614. The Bertz CT molecular complexity index is 652. The van der Waals surface area contributed by atoms with Crippen LogP contribution in [0.4, 0.5) is 0 Å². The minimum Gasteiger partial charge on any atom is -0.358 e. The second kappa shape index (κ2) is 2.66. The molecule has 4 aliphatic rings. The molecule has 0 saturated carbocycles. The number of rotatable bonds is 0. The molecule has 0 aromatic carbocycles. The van der Waals surface area contributed by atoms with Crippen molar-refractivity contribution in [1.82, 2.24) is 20.2 Å². The molecule has 0 saturated heterocycles. The molecule has 0 fully saturated rings. The van der Waals surface area contributed by atoms with Crippen molar-refractivity contribution < 1.29 is 0 Å². The Morgan fingerprint density at radius 2 is 2.25 bits per heavy atom. The van der Waals surface area contributed by atoms with Crippen LogP contribution < -0.4 is 0 Å². The first-order valence-corrected chi connectivity index (χ1v) is 5.20. The molecule has 0 aromatic rings. The third-order valence-corrected chi connectivity index (χ3v) is 3.06. The first kappa shape index (κ1) is 7.98. The molecule has 4 heteroatoms. The summed E-state index contributed by atoms with van der Waals surface area (Å²) in [6.45, 7) is 0. The van der Waals surface area contributed by atoms with Gasteiger partial charge in [0.1, 0.15) is 5.69 Å². The predicted octanol–water partition coefficient (Wildman–Crippen LogP) is 1.98. The van der Waals surface area contributed by atoms with E-state index >= 15 is 0 Å². The lowest BCUT2D eigenvalue weighted by molar-refractivity contribution is 1.08. The lowest BCUT2D eigenvalue weighted by Gasteiger charge is -2.08. The van der Waals surface area contributed by atoms with E-state index in [1.54, 1.807) is 6.20 Å². The van der Waals surface area contributed by atoms with Crippen LogP contribution in [0.5, 0.6) is 0 Å². The van der Waals surface area contributed by atoms with Crippen LogP contribution in [-0.4, -0.2) is 20.2 Å². The summed E-state index contributed by atoms with van der Waals surface area (Å²) in [6.07, 6.45) is 10.7. The molecule has 0 atom stereocenters. The van der Waals surface area contributed by atoms with Crippen molar-refractivity contribution in [2.45, 2.75) is 6.42 Å². The molecule has 1 N–H and O–H groups in total. The van der Waals surface area contributed by atoms with E-state index in [9.17, 15) is 0 Å². The highest BCUT2D eigenvalue weighted by atomic mass is 15.1. The Morgan fingerprint density at radius 3 is 3.25 bits per heavy atom. The SMILES string of the molecule is C1=Cc2ncc3c[nH]c4cnnc-4c(c2-3)C1. The first-order chi connectivity index (χ1) is 7.93. The zero-order valence-corrected chi connectivity index (χ0v) is 8.44. The molecule has 0 bridgehead atoms. The fraction of sp³-hybridized carbons (Fsp3) is 0.0833. The Hall–Kier alpha value is -2.23. The number of nitrogens with one attached hydrogen (secondary N) is 1. The molecule has 0 unspecified atom stereocenters. The number of nitrogens with zero attached hydrogens (tertiary/aromatic N) is 3. The maximum absolute atomic E-state index is 4.39. The number of fused-ring (bicyclic) bond motifs is 2. The molecule has 3 heterocycles. The molecular weight excluding hydrogens is 200 g/mol. The smallest absolute Gasteiger partial charge is 0.115 e. The minimum absolute atomic E-state index is 0.896. The molecule has 3 aliphatic heterocycles. The summed E-state index contributed by atoms with van der Waals surface area (Å²) in [5, 5.41) is 8.15.